The number of carboxylic acids is 1. The number of nitrogens with zero attached hydrogens (tertiary/aromatic N) is 1. The van der Waals surface area contributed by atoms with E-state index < -0.39 is 5.97 Å². The Morgan fingerprint density at radius 3 is 2.43 bits per heavy atom. The summed E-state index contributed by atoms with van der Waals surface area (Å²) in [5.74, 6) is -0.208. The molecule has 0 saturated heterocycles. The molecule has 0 unspecified atom stereocenters. The number of methoxy groups -OCH3 is 1. The highest BCUT2D eigenvalue weighted by Crippen LogP contribution is 2.31. The molecule has 0 aliphatic carbocycles. The summed E-state index contributed by atoms with van der Waals surface area (Å²) in [4.78, 5) is 11.7. The van der Waals surface area contributed by atoms with Crippen LogP contribution in [0.15, 0.2) is 60.7 Å². The van der Waals surface area contributed by atoms with Crippen molar-refractivity contribution < 1.29 is 14.6 Å². The van der Waals surface area contributed by atoms with Gasteiger partial charge in [0.15, 0.2) is 0 Å². The van der Waals surface area contributed by atoms with Crippen LogP contribution in [0.2, 0.25) is 0 Å². The molecule has 4 nitrogen and oxygen atoms in total. The number of ether oxygens (including phenoxy) is 1. The van der Waals surface area contributed by atoms with Crippen molar-refractivity contribution >= 4 is 5.97 Å². The van der Waals surface area contributed by atoms with E-state index in [9.17, 15) is 9.90 Å². The first kappa shape index (κ1) is 14.9. The van der Waals surface area contributed by atoms with Gasteiger partial charge >= 0.3 is 5.97 Å². The number of rotatable bonds is 4. The lowest BCUT2D eigenvalue weighted by Gasteiger charge is -2.14. The predicted molar refractivity (Wildman–Crippen MR) is 89.5 cm³/mol. The molecule has 116 valence electrons. The molecule has 0 saturated carbocycles. The van der Waals surface area contributed by atoms with Gasteiger partial charge in [0.05, 0.1) is 18.4 Å². The summed E-state index contributed by atoms with van der Waals surface area (Å²) in [6.45, 7) is 1.90. The van der Waals surface area contributed by atoms with E-state index in [-0.39, 0.29) is 5.56 Å². The Morgan fingerprint density at radius 1 is 1.04 bits per heavy atom. The minimum atomic E-state index is -0.936. The highest BCUT2D eigenvalue weighted by Gasteiger charge is 2.20. The fraction of sp³-hybridized carbons (Fsp3) is 0.105. The molecule has 0 bridgehead atoms. The van der Waals surface area contributed by atoms with E-state index in [0.717, 1.165) is 22.7 Å². The second-order valence-corrected chi connectivity index (χ2v) is 5.26. The monoisotopic (exact) mass is 307 g/mol. The minimum Gasteiger partial charge on any atom is -0.497 e. The first-order valence-electron chi connectivity index (χ1n) is 7.27. The van der Waals surface area contributed by atoms with Crippen LogP contribution in [0.4, 0.5) is 0 Å². The maximum Gasteiger partial charge on any atom is 0.337 e. The van der Waals surface area contributed by atoms with Gasteiger partial charge in [-0.1, -0.05) is 36.4 Å². The van der Waals surface area contributed by atoms with Gasteiger partial charge in [-0.3, -0.25) is 0 Å². The van der Waals surface area contributed by atoms with E-state index >= 15 is 0 Å². The predicted octanol–water partition coefficient (Wildman–Crippen LogP) is 4.16. The SMILES string of the molecule is COc1cccc(-n2c(C)cc(C(=O)O)c2-c2ccccc2)c1. The van der Waals surface area contributed by atoms with Gasteiger partial charge in [0.2, 0.25) is 0 Å². The van der Waals surface area contributed by atoms with E-state index in [1.165, 1.54) is 0 Å². The average molecular weight is 307 g/mol. The van der Waals surface area contributed by atoms with Gasteiger partial charge in [0.25, 0.3) is 0 Å². The number of benzene rings is 2. The van der Waals surface area contributed by atoms with Crippen molar-refractivity contribution in [3.8, 4) is 22.7 Å². The fourth-order valence-corrected chi connectivity index (χ4v) is 2.76. The van der Waals surface area contributed by atoms with Crippen LogP contribution < -0.4 is 4.74 Å². The lowest BCUT2D eigenvalue weighted by Crippen LogP contribution is -2.03. The van der Waals surface area contributed by atoms with Crippen molar-refractivity contribution in [2.24, 2.45) is 0 Å². The number of aromatic nitrogens is 1. The van der Waals surface area contributed by atoms with Crippen LogP contribution in [-0.2, 0) is 0 Å². The first-order chi connectivity index (χ1) is 11.1. The molecule has 23 heavy (non-hydrogen) atoms. The van der Waals surface area contributed by atoms with E-state index in [1.54, 1.807) is 13.2 Å². The zero-order valence-electron chi connectivity index (χ0n) is 13.0. The zero-order valence-corrected chi connectivity index (χ0v) is 13.0. The van der Waals surface area contributed by atoms with E-state index in [4.69, 9.17) is 4.74 Å². The fourth-order valence-electron chi connectivity index (χ4n) is 2.76. The van der Waals surface area contributed by atoms with E-state index in [1.807, 2.05) is 66.1 Å². The van der Waals surface area contributed by atoms with Gasteiger partial charge in [-0.15, -0.1) is 0 Å². The normalized spacial score (nSPS) is 10.5. The van der Waals surface area contributed by atoms with Crippen molar-refractivity contribution in [2.45, 2.75) is 6.92 Å². The van der Waals surface area contributed by atoms with Crippen LogP contribution in [0.3, 0.4) is 0 Å². The molecule has 1 heterocycles. The molecule has 0 aliphatic rings. The number of hydrogen-bond donors (Lipinski definition) is 1. The van der Waals surface area contributed by atoms with Gasteiger partial charge in [-0.2, -0.15) is 0 Å². The number of aryl methyl sites for hydroxylation is 1. The topological polar surface area (TPSA) is 51.5 Å². The molecule has 0 spiro atoms. The van der Waals surface area contributed by atoms with Crippen LogP contribution in [-0.4, -0.2) is 22.8 Å². The molecule has 0 radical (unpaired) electrons. The highest BCUT2D eigenvalue weighted by atomic mass is 16.5. The number of carbonyl (C=O) groups is 1. The summed E-state index contributed by atoms with van der Waals surface area (Å²) in [5, 5.41) is 9.57. The molecular weight excluding hydrogens is 290 g/mol. The van der Waals surface area contributed by atoms with Crippen molar-refractivity contribution in [2.75, 3.05) is 7.11 Å². The molecule has 0 atom stereocenters. The second-order valence-electron chi connectivity index (χ2n) is 5.26. The molecule has 2 aromatic carbocycles. The Labute approximate surface area is 134 Å². The Balaban J connectivity index is 2.30. The van der Waals surface area contributed by atoms with Crippen LogP contribution in [0.5, 0.6) is 5.75 Å². The zero-order chi connectivity index (χ0) is 16.4. The molecular formula is C19H17NO3. The molecule has 4 heteroatoms. The van der Waals surface area contributed by atoms with Crippen LogP contribution in [0, 0.1) is 6.92 Å². The van der Waals surface area contributed by atoms with Crippen LogP contribution in [0.25, 0.3) is 16.9 Å². The maximum absolute atomic E-state index is 11.7. The Hall–Kier alpha value is -3.01. The summed E-state index contributed by atoms with van der Waals surface area (Å²) in [6.07, 6.45) is 0. The Bertz CT molecular complexity index is 850. The van der Waals surface area contributed by atoms with Gasteiger partial charge < -0.3 is 14.4 Å². The largest absolute Gasteiger partial charge is 0.497 e. The molecule has 0 amide bonds. The maximum atomic E-state index is 11.7. The van der Waals surface area contributed by atoms with E-state index in [0.29, 0.717) is 5.69 Å². The molecule has 0 aliphatic heterocycles. The number of aromatic carboxylic acids is 1. The summed E-state index contributed by atoms with van der Waals surface area (Å²) < 4.78 is 7.23. The Morgan fingerprint density at radius 2 is 1.78 bits per heavy atom. The van der Waals surface area contributed by atoms with Crippen molar-refractivity contribution in [3.05, 3.63) is 71.9 Å². The minimum absolute atomic E-state index is 0.288. The number of hydrogen-bond acceptors (Lipinski definition) is 2. The lowest BCUT2D eigenvalue weighted by molar-refractivity contribution is 0.0698. The smallest absolute Gasteiger partial charge is 0.337 e. The average Bonchev–Trinajstić information content (AvgIpc) is 2.93. The molecule has 3 aromatic rings. The second kappa shape index (κ2) is 6.01. The summed E-state index contributed by atoms with van der Waals surface area (Å²) in [7, 11) is 1.61. The van der Waals surface area contributed by atoms with Gasteiger partial charge in [0, 0.05) is 17.4 Å². The summed E-state index contributed by atoms with van der Waals surface area (Å²) in [5.41, 5.74) is 3.55. The molecule has 3 rings (SSSR count). The van der Waals surface area contributed by atoms with Gasteiger partial charge in [-0.25, -0.2) is 4.79 Å². The first-order valence-corrected chi connectivity index (χ1v) is 7.27. The lowest BCUT2D eigenvalue weighted by atomic mass is 10.1. The van der Waals surface area contributed by atoms with Gasteiger partial charge in [-0.05, 0) is 30.7 Å². The highest BCUT2D eigenvalue weighted by molar-refractivity contribution is 5.96. The third-order valence-corrected chi connectivity index (χ3v) is 3.77. The quantitative estimate of drug-likeness (QED) is 0.787. The summed E-state index contributed by atoms with van der Waals surface area (Å²) in [6, 6.07) is 18.8. The van der Waals surface area contributed by atoms with Crippen LogP contribution >= 0.6 is 0 Å². The number of carboxylic acid groups (broad SMARTS) is 1. The van der Waals surface area contributed by atoms with Crippen LogP contribution in [0.1, 0.15) is 16.1 Å². The third-order valence-electron chi connectivity index (χ3n) is 3.77. The van der Waals surface area contributed by atoms with Crippen molar-refractivity contribution in [1.29, 1.82) is 0 Å². The third kappa shape index (κ3) is 2.71. The van der Waals surface area contributed by atoms with Gasteiger partial charge in [0.1, 0.15) is 5.75 Å². The van der Waals surface area contributed by atoms with Crippen molar-refractivity contribution in [3.63, 3.8) is 0 Å². The van der Waals surface area contributed by atoms with Crippen molar-refractivity contribution in [1.82, 2.24) is 4.57 Å². The summed E-state index contributed by atoms with van der Waals surface area (Å²) >= 11 is 0. The Kier molecular flexibility index (Phi) is 3.89. The van der Waals surface area contributed by atoms with E-state index in [2.05, 4.69) is 0 Å². The molecule has 1 aromatic heterocycles. The standard InChI is InChI=1S/C19H17NO3/c1-13-11-17(19(21)22)18(14-7-4-3-5-8-14)20(13)15-9-6-10-16(12-15)23-2/h3-12H,1-2H3,(H,21,22). The molecule has 1 N–H and O–H groups in total. The molecule has 0 fully saturated rings.